The number of aromatic nitrogens is 5. The quantitative estimate of drug-likeness (QED) is 0.337. The van der Waals surface area contributed by atoms with Gasteiger partial charge in [0.2, 0.25) is 0 Å². The van der Waals surface area contributed by atoms with Gasteiger partial charge >= 0.3 is 5.97 Å². The van der Waals surface area contributed by atoms with E-state index in [9.17, 15) is 9.59 Å². The van der Waals surface area contributed by atoms with Crippen LogP contribution in [0.2, 0.25) is 0 Å². The monoisotopic (exact) mass is 536 g/mol. The highest BCUT2D eigenvalue weighted by atomic mass is 19.1. The van der Waals surface area contributed by atoms with Gasteiger partial charge in [-0.25, -0.2) is 23.4 Å². The van der Waals surface area contributed by atoms with E-state index in [1.54, 1.807) is 22.7 Å². The zero-order valence-corrected chi connectivity index (χ0v) is 21.7. The minimum Gasteiger partial charge on any atom is -0.478 e. The van der Waals surface area contributed by atoms with E-state index in [4.69, 9.17) is 5.11 Å². The lowest BCUT2D eigenvalue weighted by molar-refractivity contribution is 0.0668. The van der Waals surface area contributed by atoms with Crippen LogP contribution in [0, 0.1) is 5.82 Å². The van der Waals surface area contributed by atoms with Gasteiger partial charge in [-0.2, -0.15) is 10.2 Å². The molecular formula is C30H25FN6O3. The Morgan fingerprint density at radius 2 is 1.90 bits per heavy atom. The van der Waals surface area contributed by atoms with Crippen LogP contribution in [0.5, 0.6) is 0 Å². The van der Waals surface area contributed by atoms with Gasteiger partial charge in [0.15, 0.2) is 5.65 Å². The van der Waals surface area contributed by atoms with Crippen LogP contribution in [-0.4, -0.2) is 52.8 Å². The van der Waals surface area contributed by atoms with E-state index in [1.807, 2.05) is 30.0 Å². The van der Waals surface area contributed by atoms with Gasteiger partial charge in [-0.05, 0) is 55.5 Å². The number of hydrogen-bond acceptors (Lipinski definition) is 5. The van der Waals surface area contributed by atoms with Crippen LogP contribution in [-0.2, 0) is 6.42 Å². The molecule has 1 amide bonds. The predicted octanol–water partition coefficient (Wildman–Crippen LogP) is 5.06. The number of carboxylic acids is 1. The van der Waals surface area contributed by atoms with Crippen molar-refractivity contribution in [2.45, 2.75) is 38.1 Å². The van der Waals surface area contributed by atoms with Crippen molar-refractivity contribution in [2.75, 3.05) is 6.54 Å². The molecule has 5 aromatic rings. The van der Waals surface area contributed by atoms with Gasteiger partial charge in [-0.3, -0.25) is 4.79 Å². The second-order valence-corrected chi connectivity index (χ2v) is 10.4. The summed E-state index contributed by atoms with van der Waals surface area (Å²) in [6.45, 7) is 2.67. The van der Waals surface area contributed by atoms with Crippen LogP contribution in [0.15, 0.2) is 67.0 Å². The number of fused-ring (bicyclic) bond motifs is 2. The minimum atomic E-state index is -1.11. The second kappa shape index (κ2) is 9.11. The van der Waals surface area contributed by atoms with E-state index >= 15 is 4.39 Å². The van der Waals surface area contributed by atoms with Crippen molar-refractivity contribution in [3.05, 3.63) is 101 Å². The summed E-state index contributed by atoms with van der Waals surface area (Å²) in [6, 6.07) is 16.2. The summed E-state index contributed by atoms with van der Waals surface area (Å²) in [5.41, 5.74) is 5.27. The normalized spacial score (nSPS) is 16.8. The molecule has 3 aromatic heterocycles. The SMILES string of the molecule is C[C@@H]1c2ccccc2CCN1C(=O)c1cc(C2CC2)n2nc(-c3ccc(-n4cc(C(=O)O)cn4)cc3F)cc2n1. The molecule has 0 unspecified atom stereocenters. The summed E-state index contributed by atoms with van der Waals surface area (Å²) < 4.78 is 18.3. The molecule has 1 fully saturated rings. The van der Waals surface area contributed by atoms with Crippen LogP contribution >= 0.6 is 0 Å². The predicted molar refractivity (Wildman–Crippen MR) is 144 cm³/mol. The lowest BCUT2D eigenvalue weighted by Crippen LogP contribution is -2.39. The maximum absolute atomic E-state index is 15.3. The molecule has 40 heavy (non-hydrogen) atoms. The Labute approximate surface area is 228 Å². The molecule has 0 bridgehead atoms. The van der Waals surface area contributed by atoms with Gasteiger partial charge in [0.25, 0.3) is 5.91 Å². The van der Waals surface area contributed by atoms with Gasteiger partial charge in [0, 0.05) is 42.0 Å². The number of carbonyl (C=O) groups is 2. The second-order valence-electron chi connectivity index (χ2n) is 10.4. The molecule has 1 saturated carbocycles. The average Bonchev–Trinajstić information content (AvgIpc) is 3.51. The van der Waals surface area contributed by atoms with Crippen LogP contribution in [0.25, 0.3) is 22.6 Å². The third-order valence-corrected chi connectivity index (χ3v) is 7.85. The third kappa shape index (κ3) is 4.03. The largest absolute Gasteiger partial charge is 0.478 e. The fourth-order valence-corrected chi connectivity index (χ4v) is 5.53. The van der Waals surface area contributed by atoms with Gasteiger partial charge in [-0.1, -0.05) is 24.3 Å². The zero-order chi connectivity index (χ0) is 27.5. The summed E-state index contributed by atoms with van der Waals surface area (Å²) in [4.78, 5) is 31.5. The number of hydrogen-bond donors (Lipinski definition) is 1. The lowest BCUT2D eigenvalue weighted by atomic mass is 9.93. The van der Waals surface area contributed by atoms with Crippen molar-refractivity contribution < 1.29 is 19.1 Å². The molecule has 200 valence electrons. The fraction of sp³-hybridized carbons (Fsp3) is 0.233. The van der Waals surface area contributed by atoms with Crippen LogP contribution < -0.4 is 0 Å². The molecule has 1 N–H and O–H groups in total. The van der Waals surface area contributed by atoms with Crippen molar-refractivity contribution in [1.29, 1.82) is 0 Å². The topological polar surface area (TPSA) is 106 Å². The molecule has 7 rings (SSSR count). The summed E-state index contributed by atoms with van der Waals surface area (Å²) in [7, 11) is 0. The standard InChI is InChI=1S/C30H25FN6O3/c1-17-22-5-3-2-4-18(22)10-11-35(17)29(38)26-13-27(19-6-7-19)37-28(33-26)14-25(34-37)23-9-8-21(12-24(23)31)36-16-20(15-32-36)30(39)40/h2-5,8-9,12-17,19H,6-7,10-11H2,1H3,(H,39,40)/t17-/m1/s1. The molecule has 0 radical (unpaired) electrons. The Hall–Kier alpha value is -4.86. The Morgan fingerprint density at radius 1 is 1.07 bits per heavy atom. The Bertz CT molecular complexity index is 1820. The number of carbonyl (C=O) groups excluding carboxylic acids is 1. The van der Waals surface area contributed by atoms with Crippen molar-refractivity contribution in [3.8, 4) is 16.9 Å². The number of halogens is 1. The number of amides is 1. The highest BCUT2D eigenvalue weighted by molar-refractivity contribution is 5.93. The molecular weight excluding hydrogens is 511 g/mol. The van der Waals surface area contributed by atoms with E-state index in [2.05, 4.69) is 27.3 Å². The number of aromatic carboxylic acids is 1. The maximum atomic E-state index is 15.3. The highest BCUT2D eigenvalue weighted by Crippen LogP contribution is 2.41. The molecule has 2 aliphatic rings. The van der Waals surface area contributed by atoms with Gasteiger partial charge < -0.3 is 10.0 Å². The smallest absolute Gasteiger partial charge is 0.338 e. The van der Waals surface area contributed by atoms with Crippen LogP contribution in [0.3, 0.4) is 0 Å². The molecule has 1 aliphatic heterocycles. The first kappa shape index (κ1) is 24.2. The van der Waals surface area contributed by atoms with Crippen LogP contribution in [0.1, 0.15) is 69.4 Å². The molecule has 10 heteroatoms. The zero-order valence-electron chi connectivity index (χ0n) is 21.7. The average molecular weight is 537 g/mol. The van der Waals surface area contributed by atoms with Crippen LogP contribution in [0.4, 0.5) is 4.39 Å². The lowest BCUT2D eigenvalue weighted by Gasteiger charge is -2.35. The maximum Gasteiger partial charge on any atom is 0.338 e. The molecule has 9 nitrogen and oxygen atoms in total. The molecule has 2 aromatic carbocycles. The fourth-order valence-electron chi connectivity index (χ4n) is 5.53. The van der Waals surface area contributed by atoms with Gasteiger partial charge in [-0.15, -0.1) is 0 Å². The van der Waals surface area contributed by atoms with Crippen molar-refractivity contribution in [1.82, 2.24) is 29.3 Å². The van der Waals surface area contributed by atoms with Gasteiger partial charge in [0.1, 0.15) is 11.5 Å². The Morgan fingerprint density at radius 3 is 2.65 bits per heavy atom. The highest BCUT2D eigenvalue weighted by Gasteiger charge is 2.32. The number of rotatable bonds is 5. The summed E-state index contributed by atoms with van der Waals surface area (Å²) in [5, 5.41) is 17.8. The van der Waals surface area contributed by atoms with E-state index < -0.39 is 11.8 Å². The summed E-state index contributed by atoms with van der Waals surface area (Å²) >= 11 is 0. The van der Waals surface area contributed by atoms with E-state index in [1.165, 1.54) is 28.7 Å². The molecule has 0 spiro atoms. The van der Waals surface area contributed by atoms with Crippen molar-refractivity contribution in [3.63, 3.8) is 0 Å². The Balaban J connectivity index is 1.24. The van der Waals surface area contributed by atoms with E-state index in [0.717, 1.165) is 30.5 Å². The first-order valence-corrected chi connectivity index (χ1v) is 13.2. The molecule has 1 atom stereocenters. The van der Waals surface area contributed by atoms with Crippen molar-refractivity contribution in [2.24, 2.45) is 0 Å². The number of carboxylic acid groups (broad SMARTS) is 1. The Kier molecular flexibility index (Phi) is 5.51. The molecule has 0 saturated heterocycles. The summed E-state index contributed by atoms with van der Waals surface area (Å²) in [6.07, 6.45) is 5.34. The third-order valence-electron chi connectivity index (χ3n) is 7.85. The van der Waals surface area contributed by atoms with Gasteiger partial charge in [0.05, 0.1) is 29.2 Å². The van der Waals surface area contributed by atoms with Crippen molar-refractivity contribution >= 4 is 17.5 Å². The first-order chi connectivity index (χ1) is 19.4. The minimum absolute atomic E-state index is 0.0111. The first-order valence-electron chi connectivity index (χ1n) is 13.2. The number of nitrogens with zero attached hydrogens (tertiary/aromatic N) is 6. The molecule has 4 heterocycles. The molecule has 1 aliphatic carbocycles. The van der Waals surface area contributed by atoms with E-state index in [0.29, 0.717) is 29.3 Å². The summed E-state index contributed by atoms with van der Waals surface area (Å²) in [5.74, 6) is -1.48. The number of benzene rings is 2. The van der Waals surface area contributed by atoms with E-state index in [-0.39, 0.29) is 29.0 Å².